The van der Waals surface area contributed by atoms with E-state index in [2.05, 4.69) is 20.6 Å². The minimum Gasteiger partial charge on any atom is -0.368 e. The first-order chi connectivity index (χ1) is 12.7. The van der Waals surface area contributed by atoms with Crippen LogP contribution in [0.3, 0.4) is 0 Å². The van der Waals surface area contributed by atoms with Crippen molar-refractivity contribution in [2.75, 3.05) is 12.0 Å². The largest absolute Gasteiger partial charge is 0.368 e. The van der Waals surface area contributed by atoms with E-state index in [1.165, 1.54) is 0 Å². The first-order valence-corrected chi connectivity index (χ1v) is 10.5. The first kappa shape index (κ1) is 23.0. The van der Waals surface area contributed by atoms with E-state index in [0.717, 1.165) is 5.69 Å². The molecule has 1 aromatic heterocycles. The Kier molecular flexibility index (Phi) is 9.92. The topological polar surface area (TPSA) is 130 Å². The Bertz CT molecular complexity index is 606. The molecule has 1 heterocycles. The number of rotatable bonds is 12. The lowest BCUT2D eigenvalue weighted by molar-refractivity contribution is -0.132. The molecule has 5 N–H and O–H groups in total. The summed E-state index contributed by atoms with van der Waals surface area (Å²) in [5.41, 5.74) is 6.25. The van der Waals surface area contributed by atoms with E-state index < -0.39 is 18.0 Å². The van der Waals surface area contributed by atoms with Crippen LogP contribution in [0.2, 0.25) is 0 Å². The number of hydrogen-bond donors (Lipinski definition) is 4. The van der Waals surface area contributed by atoms with E-state index in [9.17, 15) is 14.4 Å². The lowest BCUT2D eigenvalue weighted by Crippen LogP contribution is -2.54. The van der Waals surface area contributed by atoms with Crippen molar-refractivity contribution in [2.45, 2.75) is 52.1 Å². The zero-order chi connectivity index (χ0) is 20.4. The van der Waals surface area contributed by atoms with E-state index >= 15 is 0 Å². The highest BCUT2D eigenvalue weighted by molar-refractivity contribution is 7.98. The maximum absolute atomic E-state index is 12.7. The van der Waals surface area contributed by atoms with Gasteiger partial charge >= 0.3 is 0 Å². The predicted molar refractivity (Wildman–Crippen MR) is 107 cm³/mol. The highest BCUT2D eigenvalue weighted by Crippen LogP contribution is 2.10. The fourth-order valence-corrected chi connectivity index (χ4v) is 3.10. The molecule has 0 radical (unpaired) electrons. The Morgan fingerprint density at radius 1 is 1.19 bits per heavy atom. The summed E-state index contributed by atoms with van der Waals surface area (Å²) in [6, 6.07) is -1.45. The molecule has 152 valence electrons. The van der Waals surface area contributed by atoms with Crippen LogP contribution in [-0.4, -0.2) is 51.8 Å². The number of thioether (sulfide) groups is 1. The molecule has 0 aliphatic carbocycles. The van der Waals surface area contributed by atoms with Gasteiger partial charge in [-0.2, -0.15) is 11.8 Å². The molecular formula is C18H31N5O3S. The lowest BCUT2D eigenvalue weighted by atomic mass is 10.00. The molecule has 0 aliphatic heterocycles. The molecule has 0 aliphatic rings. The van der Waals surface area contributed by atoms with Crippen LogP contribution in [0.4, 0.5) is 0 Å². The van der Waals surface area contributed by atoms with Crippen LogP contribution in [-0.2, 0) is 20.8 Å². The van der Waals surface area contributed by atoms with Gasteiger partial charge < -0.3 is 21.4 Å². The van der Waals surface area contributed by atoms with E-state index in [1.54, 1.807) is 31.2 Å². The quantitative estimate of drug-likeness (QED) is 0.415. The molecule has 0 unspecified atom stereocenters. The molecule has 1 rings (SSSR count). The van der Waals surface area contributed by atoms with Crippen LogP contribution >= 0.6 is 11.8 Å². The van der Waals surface area contributed by atoms with Crippen molar-refractivity contribution < 1.29 is 14.4 Å². The molecule has 27 heavy (non-hydrogen) atoms. The summed E-state index contributed by atoms with van der Waals surface area (Å²) in [5, 5.41) is 5.51. The molecule has 0 saturated carbocycles. The second kappa shape index (κ2) is 11.6. The number of nitrogens with zero attached hydrogens (tertiary/aromatic N) is 1. The van der Waals surface area contributed by atoms with Crippen LogP contribution in [0, 0.1) is 11.8 Å². The number of amides is 3. The number of aromatic nitrogens is 2. The van der Waals surface area contributed by atoms with Crippen molar-refractivity contribution in [1.82, 2.24) is 20.6 Å². The van der Waals surface area contributed by atoms with Gasteiger partial charge in [0.15, 0.2) is 0 Å². The van der Waals surface area contributed by atoms with Gasteiger partial charge in [0.25, 0.3) is 0 Å². The number of H-pyrrole nitrogens is 1. The maximum Gasteiger partial charge on any atom is 0.243 e. The van der Waals surface area contributed by atoms with Gasteiger partial charge in [0.2, 0.25) is 17.7 Å². The maximum atomic E-state index is 12.7. The average molecular weight is 398 g/mol. The van der Waals surface area contributed by atoms with Gasteiger partial charge in [-0.15, -0.1) is 0 Å². The highest BCUT2D eigenvalue weighted by Gasteiger charge is 2.27. The summed E-state index contributed by atoms with van der Waals surface area (Å²) < 4.78 is 0. The molecule has 0 bridgehead atoms. The van der Waals surface area contributed by atoms with Gasteiger partial charge in [-0.3, -0.25) is 14.4 Å². The normalized spacial score (nSPS) is 14.4. The van der Waals surface area contributed by atoms with E-state index in [-0.39, 0.29) is 23.7 Å². The Morgan fingerprint density at radius 3 is 2.37 bits per heavy atom. The van der Waals surface area contributed by atoms with Crippen LogP contribution in [0.5, 0.6) is 0 Å². The van der Waals surface area contributed by atoms with E-state index in [4.69, 9.17) is 5.73 Å². The third-order valence-electron chi connectivity index (χ3n) is 4.14. The third kappa shape index (κ3) is 8.47. The lowest BCUT2D eigenvalue weighted by Gasteiger charge is -2.24. The van der Waals surface area contributed by atoms with Crippen LogP contribution in [0.15, 0.2) is 12.5 Å². The standard InChI is InChI=1S/C18H31N5O3S/c1-11(2)7-15(18(26)22-14(16(19)24)5-6-27-4)23-17(25)12(3)8-13-9-20-10-21-13/h9-12,14-15H,5-8H2,1-4H3,(H2,19,24)(H,20,21)(H,22,26)(H,23,25)/t12-,14-,15-/m0/s1. The highest BCUT2D eigenvalue weighted by atomic mass is 32.2. The molecular weight excluding hydrogens is 366 g/mol. The molecule has 0 spiro atoms. The van der Waals surface area contributed by atoms with Crippen LogP contribution in [0.25, 0.3) is 0 Å². The van der Waals surface area contributed by atoms with Crippen molar-refractivity contribution in [3.63, 3.8) is 0 Å². The summed E-state index contributed by atoms with van der Waals surface area (Å²) >= 11 is 1.57. The Balaban J connectivity index is 2.73. The number of carbonyl (C=O) groups is 3. The average Bonchev–Trinajstić information content (AvgIpc) is 3.09. The van der Waals surface area contributed by atoms with Gasteiger partial charge in [-0.1, -0.05) is 20.8 Å². The Labute approximate surface area is 164 Å². The van der Waals surface area contributed by atoms with Gasteiger partial charge in [0.05, 0.1) is 6.33 Å². The second-order valence-corrected chi connectivity index (χ2v) is 8.10. The zero-order valence-corrected chi connectivity index (χ0v) is 17.3. The zero-order valence-electron chi connectivity index (χ0n) is 16.5. The molecule has 0 aromatic carbocycles. The monoisotopic (exact) mass is 397 g/mol. The second-order valence-electron chi connectivity index (χ2n) is 7.12. The van der Waals surface area contributed by atoms with Gasteiger partial charge in [0.1, 0.15) is 12.1 Å². The summed E-state index contributed by atoms with van der Waals surface area (Å²) in [6.45, 7) is 5.74. The van der Waals surface area contributed by atoms with Gasteiger partial charge in [0, 0.05) is 24.2 Å². The molecule has 0 fully saturated rings. The first-order valence-electron chi connectivity index (χ1n) is 9.10. The molecule has 1 aromatic rings. The number of imidazole rings is 1. The number of nitrogens with one attached hydrogen (secondary N) is 3. The minimum absolute atomic E-state index is 0.196. The van der Waals surface area contributed by atoms with Crippen molar-refractivity contribution in [3.8, 4) is 0 Å². The number of primary amides is 1. The third-order valence-corrected chi connectivity index (χ3v) is 4.78. The molecule has 0 saturated heterocycles. The molecule has 3 amide bonds. The van der Waals surface area contributed by atoms with Crippen molar-refractivity contribution in [3.05, 3.63) is 18.2 Å². The van der Waals surface area contributed by atoms with Crippen LogP contribution in [0.1, 0.15) is 39.3 Å². The molecule has 3 atom stereocenters. The van der Waals surface area contributed by atoms with Gasteiger partial charge in [-0.25, -0.2) is 4.98 Å². The molecule has 9 heteroatoms. The van der Waals surface area contributed by atoms with Gasteiger partial charge in [-0.05, 0) is 30.8 Å². The van der Waals surface area contributed by atoms with Crippen molar-refractivity contribution in [2.24, 2.45) is 17.6 Å². The smallest absolute Gasteiger partial charge is 0.243 e. The fourth-order valence-electron chi connectivity index (χ4n) is 2.63. The van der Waals surface area contributed by atoms with E-state index in [1.807, 2.05) is 20.1 Å². The summed E-state index contributed by atoms with van der Waals surface area (Å²) in [5.74, 6) is -0.588. The Hall–Kier alpha value is -2.03. The minimum atomic E-state index is -0.737. The summed E-state index contributed by atoms with van der Waals surface area (Å²) in [7, 11) is 0. The SMILES string of the molecule is CSCC[C@H](NC(=O)[C@H](CC(C)C)NC(=O)[C@@H](C)Cc1cnc[nH]1)C(N)=O. The Morgan fingerprint density at radius 2 is 1.85 bits per heavy atom. The number of carbonyl (C=O) groups excluding carboxylic acids is 3. The number of hydrogen-bond acceptors (Lipinski definition) is 5. The van der Waals surface area contributed by atoms with Crippen LogP contribution < -0.4 is 16.4 Å². The summed E-state index contributed by atoms with van der Waals surface area (Å²) in [6.07, 6.45) is 6.59. The number of aromatic amines is 1. The van der Waals surface area contributed by atoms with Crippen molar-refractivity contribution >= 4 is 29.5 Å². The molecule has 8 nitrogen and oxygen atoms in total. The predicted octanol–water partition coefficient (Wildman–Crippen LogP) is 0.842. The van der Waals surface area contributed by atoms with E-state index in [0.29, 0.717) is 25.0 Å². The van der Waals surface area contributed by atoms with Crippen molar-refractivity contribution in [1.29, 1.82) is 0 Å². The summed E-state index contributed by atoms with van der Waals surface area (Å²) in [4.78, 5) is 43.7. The fraction of sp³-hybridized carbons (Fsp3) is 0.667. The number of nitrogens with two attached hydrogens (primary N) is 1.